The van der Waals surface area contributed by atoms with Gasteiger partial charge in [0, 0.05) is 6.42 Å². The number of phenolic OH excluding ortho intramolecular Hbond substituents is 1. The molecule has 3 aromatic rings. The van der Waals surface area contributed by atoms with E-state index in [0.717, 1.165) is 5.56 Å². The molecular formula is C19H13I2NO4. The van der Waals surface area contributed by atoms with E-state index in [1.165, 1.54) is 0 Å². The molecule has 3 rings (SSSR count). The minimum absolute atomic E-state index is 0.0863. The Bertz CT molecular complexity index is 947. The van der Waals surface area contributed by atoms with Gasteiger partial charge >= 0.3 is 0 Å². The lowest BCUT2D eigenvalue weighted by atomic mass is 10.0. The first-order valence-electron chi connectivity index (χ1n) is 7.63. The number of nitro benzene ring substituents is 1. The van der Waals surface area contributed by atoms with Crippen molar-refractivity contribution in [2.24, 2.45) is 0 Å². The highest BCUT2D eigenvalue weighted by atomic mass is 127. The zero-order valence-electron chi connectivity index (χ0n) is 13.4. The number of nitrogens with zero attached hydrogens (tertiary/aromatic N) is 1. The van der Waals surface area contributed by atoms with Crippen LogP contribution in [-0.4, -0.2) is 10.0 Å². The molecular weight excluding hydrogens is 560 g/mol. The summed E-state index contributed by atoms with van der Waals surface area (Å²) >= 11 is 3.90. The summed E-state index contributed by atoms with van der Waals surface area (Å²) < 4.78 is 6.80. The third kappa shape index (κ3) is 3.93. The Balaban J connectivity index is 2.15. The Morgan fingerprint density at radius 3 is 2.12 bits per heavy atom. The highest BCUT2D eigenvalue weighted by molar-refractivity contribution is 14.1. The smallest absolute Gasteiger partial charge is 0.291 e. The molecule has 7 heteroatoms. The van der Waals surface area contributed by atoms with Crippen LogP contribution in [0.1, 0.15) is 11.1 Å². The van der Waals surface area contributed by atoms with Crippen LogP contribution in [0.25, 0.3) is 0 Å². The van der Waals surface area contributed by atoms with Crippen LogP contribution in [0.15, 0.2) is 60.7 Å². The summed E-state index contributed by atoms with van der Waals surface area (Å²) in [5.41, 5.74) is 1.03. The van der Waals surface area contributed by atoms with Gasteiger partial charge in [-0.2, -0.15) is 0 Å². The number of ether oxygens (including phenoxy) is 1. The van der Waals surface area contributed by atoms with E-state index >= 15 is 0 Å². The summed E-state index contributed by atoms with van der Waals surface area (Å²) in [5, 5.41) is 22.5. The van der Waals surface area contributed by atoms with E-state index in [0.29, 0.717) is 12.9 Å². The first-order chi connectivity index (χ1) is 12.5. The second-order valence-electron chi connectivity index (χ2n) is 5.47. The van der Waals surface area contributed by atoms with Crippen molar-refractivity contribution >= 4 is 50.9 Å². The minimum atomic E-state index is -0.450. The molecule has 3 aromatic carbocycles. The second-order valence-corrected chi connectivity index (χ2v) is 7.62. The standard InChI is InChI=1S/C19H13I2NO4/c20-15-16(21)19(26-13-9-5-2-6-10-13)18(23)14(17(15)22(24)25)11-12-7-3-1-4-8-12/h1-10,23H,11H2. The van der Waals surface area contributed by atoms with E-state index < -0.39 is 4.92 Å². The molecule has 0 saturated heterocycles. The van der Waals surface area contributed by atoms with Crippen LogP contribution in [0.4, 0.5) is 5.69 Å². The second kappa shape index (κ2) is 8.21. The fourth-order valence-electron chi connectivity index (χ4n) is 2.55. The molecule has 0 aliphatic heterocycles. The van der Waals surface area contributed by atoms with Crippen molar-refractivity contribution in [1.82, 2.24) is 0 Å². The maximum absolute atomic E-state index is 11.7. The Labute approximate surface area is 177 Å². The fourth-order valence-corrected chi connectivity index (χ4v) is 3.93. The summed E-state index contributed by atoms with van der Waals surface area (Å²) in [4.78, 5) is 11.2. The SMILES string of the molecule is O=[N+]([O-])c1c(I)c(I)c(Oc2ccccc2)c(O)c1Cc1ccccc1. The maximum Gasteiger partial charge on any atom is 0.291 e. The van der Waals surface area contributed by atoms with Gasteiger partial charge in [0.15, 0.2) is 11.5 Å². The van der Waals surface area contributed by atoms with Gasteiger partial charge in [-0.05, 0) is 62.9 Å². The van der Waals surface area contributed by atoms with Gasteiger partial charge in [0.05, 0.1) is 14.1 Å². The quantitative estimate of drug-likeness (QED) is 0.235. The average Bonchev–Trinajstić information content (AvgIpc) is 2.65. The molecule has 0 spiro atoms. The lowest BCUT2D eigenvalue weighted by molar-refractivity contribution is -0.386. The van der Waals surface area contributed by atoms with E-state index in [2.05, 4.69) is 0 Å². The maximum atomic E-state index is 11.7. The molecule has 5 nitrogen and oxygen atoms in total. The van der Waals surface area contributed by atoms with Crippen LogP contribution in [0.2, 0.25) is 0 Å². The number of aromatic hydroxyl groups is 1. The molecule has 0 radical (unpaired) electrons. The molecule has 0 fully saturated rings. The molecule has 26 heavy (non-hydrogen) atoms. The molecule has 0 amide bonds. The third-order valence-electron chi connectivity index (χ3n) is 3.76. The van der Waals surface area contributed by atoms with E-state index in [-0.39, 0.29) is 29.2 Å². The highest BCUT2D eigenvalue weighted by Crippen LogP contribution is 2.46. The van der Waals surface area contributed by atoms with Gasteiger partial charge in [-0.15, -0.1) is 0 Å². The minimum Gasteiger partial charge on any atom is -0.504 e. The summed E-state index contributed by atoms with van der Waals surface area (Å²) in [6.07, 6.45) is 0.237. The van der Waals surface area contributed by atoms with E-state index in [4.69, 9.17) is 4.74 Å². The lowest BCUT2D eigenvalue weighted by Gasteiger charge is -2.15. The molecule has 0 bridgehead atoms. The van der Waals surface area contributed by atoms with Crippen molar-refractivity contribution in [2.45, 2.75) is 6.42 Å². The number of phenols is 1. The molecule has 0 heterocycles. The van der Waals surface area contributed by atoms with E-state index in [1.54, 1.807) is 12.1 Å². The predicted molar refractivity (Wildman–Crippen MR) is 116 cm³/mol. The van der Waals surface area contributed by atoms with Gasteiger partial charge in [0.1, 0.15) is 9.32 Å². The van der Waals surface area contributed by atoms with Gasteiger partial charge in [0.2, 0.25) is 0 Å². The van der Waals surface area contributed by atoms with Crippen LogP contribution in [-0.2, 0) is 6.42 Å². The first-order valence-corrected chi connectivity index (χ1v) is 9.78. The van der Waals surface area contributed by atoms with Crippen LogP contribution in [0.3, 0.4) is 0 Å². The van der Waals surface area contributed by atoms with Crippen LogP contribution >= 0.6 is 45.2 Å². The number of hydrogen-bond donors (Lipinski definition) is 1. The Morgan fingerprint density at radius 1 is 0.962 bits per heavy atom. The van der Waals surface area contributed by atoms with Crippen LogP contribution in [0.5, 0.6) is 17.2 Å². The Kier molecular flexibility index (Phi) is 5.97. The molecule has 132 valence electrons. The Morgan fingerprint density at radius 2 is 1.54 bits per heavy atom. The van der Waals surface area contributed by atoms with Crippen LogP contribution in [0, 0.1) is 17.3 Å². The number of rotatable bonds is 5. The summed E-state index contributed by atoms with van der Waals surface area (Å²) in [7, 11) is 0. The number of nitro groups is 1. The first kappa shape index (κ1) is 18.9. The molecule has 0 aromatic heterocycles. The van der Waals surface area contributed by atoms with Crippen molar-refractivity contribution < 1.29 is 14.8 Å². The zero-order valence-corrected chi connectivity index (χ0v) is 17.7. The van der Waals surface area contributed by atoms with Crippen molar-refractivity contribution in [3.05, 3.63) is 89.0 Å². The van der Waals surface area contributed by atoms with E-state index in [9.17, 15) is 15.2 Å². The number of hydrogen-bond acceptors (Lipinski definition) is 4. The molecule has 0 aliphatic rings. The molecule has 0 saturated carbocycles. The molecule has 0 atom stereocenters. The Hall–Kier alpha value is -1.88. The number of halogens is 2. The van der Waals surface area contributed by atoms with E-state index in [1.807, 2.05) is 93.7 Å². The number of benzene rings is 3. The van der Waals surface area contributed by atoms with Gasteiger partial charge in [0.25, 0.3) is 5.69 Å². The molecule has 0 aliphatic carbocycles. The summed E-state index contributed by atoms with van der Waals surface area (Å²) in [5.74, 6) is 0.586. The monoisotopic (exact) mass is 573 g/mol. The normalized spacial score (nSPS) is 10.5. The lowest BCUT2D eigenvalue weighted by Crippen LogP contribution is -2.04. The molecule has 1 N–H and O–H groups in total. The van der Waals surface area contributed by atoms with Gasteiger partial charge in [-0.3, -0.25) is 10.1 Å². The zero-order chi connectivity index (χ0) is 18.7. The van der Waals surface area contributed by atoms with Crippen molar-refractivity contribution in [3.8, 4) is 17.2 Å². The van der Waals surface area contributed by atoms with Crippen molar-refractivity contribution in [3.63, 3.8) is 0 Å². The predicted octanol–water partition coefficient (Wildman–Crippen LogP) is 5.89. The summed E-state index contributed by atoms with van der Waals surface area (Å²) in [6, 6.07) is 18.4. The van der Waals surface area contributed by atoms with Crippen molar-refractivity contribution in [1.29, 1.82) is 0 Å². The third-order valence-corrected chi connectivity index (χ3v) is 6.87. The van der Waals surface area contributed by atoms with Crippen LogP contribution < -0.4 is 4.74 Å². The summed E-state index contributed by atoms with van der Waals surface area (Å²) in [6.45, 7) is 0. The van der Waals surface area contributed by atoms with Gasteiger partial charge < -0.3 is 9.84 Å². The fraction of sp³-hybridized carbons (Fsp3) is 0.0526. The topological polar surface area (TPSA) is 72.6 Å². The number of para-hydroxylation sites is 1. The largest absolute Gasteiger partial charge is 0.504 e. The molecule has 0 unspecified atom stereocenters. The van der Waals surface area contributed by atoms with Crippen molar-refractivity contribution in [2.75, 3.05) is 0 Å². The van der Waals surface area contributed by atoms with Gasteiger partial charge in [-0.1, -0.05) is 48.5 Å². The highest BCUT2D eigenvalue weighted by Gasteiger charge is 2.30. The van der Waals surface area contributed by atoms with Gasteiger partial charge in [-0.25, -0.2) is 0 Å². The average molecular weight is 573 g/mol.